The lowest BCUT2D eigenvalue weighted by Crippen LogP contribution is -2.08. The van der Waals surface area contributed by atoms with Crippen molar-refractivity contribution in [2.75, 3.05) is 11.5 Å². The Labute approximate surface area is 71.1 Å². The molecule has 0 bridgehead atoms. The Balaban J connectivity index is 3.62. The van der Waals surface area contributed by atoms with E-state index in [1.165, 1.54) is 0 Å². The number of unbranched alkanes of at least 4 members (excludes halogenated alkanes) is 1. The van der Waals surface area contributed by atoms with Gasteiger partial charge in [-0.1, -0.05) is 0 Å². The van der Waals surface area contributed by atoms with Crippen molar-refractivity contribution in [2.24, 2.45) is 0 Å². The molecule has 0 aliphatic heterocycles. The lowest BCUT2D eigenvalue weighted by atomic mass is 10.4. The van der Waals surface area contributed by atoms with E-state index in [0.29, 0.717) is 0 Å². The van der Waals surface area contributed by atoms with Crippen LogP contribution in [0.25, 0.3) is 0 Å². The third kappa shape index (κ3) is 9.82. The Bertz CT molecular complexity index is 277. The van der Waals surface area contributed by atoms with Crippen molar-refractivity contribution in [3.63, 3.8) is 0 Å². The summed E-state index contributed by atoms with van der Waals surface area (Å²) in [6, 6.07) is 0. The van der Waals surface area contributed by atoms with E-state index in [-0.39, 0.29) is 12.8 Å². The lowest BCUT2D eigenvalue weighted by Gasteiger charge is -2.07. The van der Waals surface area contributed by atoms with E-state index in [1.54, 1.807) is 0 Å². The van der Waals surface area contributed by atoms with Gasteiger partial charge in [-0.25, -0.2) is 16.8 Å². The molecule has 0 saturated heterocycles. The Morgan fingerprint density at radius 3 is 1.17 bits per heavy atom. The van der Waals surface area contributed by atoms with Crippen LogP contribution in [-0.2, 0) is 20.2 Å². The number of hydrogen-bond donors (Lipinski definition) is 0. The molecule has 0 aromatic rings. The van der Waals surface area contributed by atoms with E-state index in [0.717, 1.165) is 0 Å². The fourth-order valence-electron chi connectivity index (χ4n) is 0.558. The van der Waals surface area contributed by atoms with Crippen LogP contribution in [0, 0.1) is 0 Å². The molecule has 0 heterocycles. The minimum absolute atomic E-state index is 0.0900. The van der Waals surface area contributed by atoms with E-state index < -0.39 is 31.7 Å². The van der Waals surface area contributed by atoms with Gasteiger partial charge in [0.25, 0.3) is 0 Å². The largest absolute Gasteiger partial charge is 0.748 e. The smallest absolute Gasteiger partial charge is 0.0945 e. The molecule has 0 rings (SSSR count). The third-order valence-electron chi connectivity index (χ3n) is 1.04. The van der Waals surface area contributed by atoms with Crippen LogP contribution in [0.5, 0.6) is 0 Å². The standard InChI is InChI=1S/C4H10O6S2/c5-11(6,7)3-1-2-4-12(8,9)10/h1-4H2,(H,5,6,7)(H,8,9,10)/p-2. The van der Waals surface area contributed by atoms with Crippen LogP contribution in [0.3, 0.4) is 0 Å². The second-order valence-electron chi connectivity index (χ2n) is 2.23. The van der Waals surface area contributed by atoms with Gasteiger partial charge >= 0.3 is 0 Å². The van der Waals surface area contributed by atoms with E-state index in [1.807, 2.05) is 0 Å². The molecular formula is C4H8O6S2-2. The quantitative estimate of drug-likeness (QED) is 0.423. The van der Waals surface area contributed by atoms with Gasteiger partial charge < -0.3 is 9.11 Å². The fraction of sp³-hybridized carbons (Fsp3) is 1.00. The maximum absolute atomic E-state index is 9.97. The van der Waals surface area contributed by atoms with Crippen molar-refractivity contribution < 1.29 is 25.9 Å². The summed E-state index contributed by atoms with van der Waals surface area (Å²) >= 11 is 0. The molecule has 6 nitrogen and oxygen atoms in total. The topological polar surface area (TPSA) is 114 Å². The summed E-state index contributed by atoms with van der Waals surface area (Å²) in [5, 5.41) is 0. The van der Waals surface area contributed by atoms with Crippen LogP contribution in [0.4, 0.5) is 0 Å². The van der Waals surface area contributed by atoms with Crippen molar-refractivity contribution in [3.05, 3.63) is 0 Å². The first-order valence-electron chi connectivity index (χ1n) is 3.08. The van der Waals surface area contributed by atoms with Gasteiger partial charge in [0.15, 0.2) is 0 Å². The predicted molar refractivity (Wildman–Crippen MR) is 38.4 cm³/mol. The average molecular weight is 216 g/mol. The molecule has 0 atom stereocenters. The molecule has 0 saturated carbocycles. The van der Waals surface area contributed by atoms with E-state index in [9.17, 15) is 25.9 Å². The molecule has 0 radical (unpaired) electrons. The minimum atomic E-state index is -4.29. The zero-order chi connectivity index (χ0) is 9.83. The van der Waals surface area contributed by atoms with Crippen molar-refractivity contribution in [1.82, 2.24) is 0 Å². The second-order valence-corrected chi connectivity index (χ2v) is 5.28. The Morgan fingerprint density at radius 2 is 1.00 bits per heavy atom. The highest BCUT2D eigenvalue weighted by Crippen LogP contribution is 1.96. The highest BCUT2D eigenvalue weighted by Gasteiger charge is 1.98. The van der Waals surface area contributed by atoms with Crippen LogP contribution in [0.15, 0.2) is 0 Å². The first kappa shape index (κ1) is 11.8. The van der Waals surface area contributed by atoms with Gasteiger partial charge in [-0.15, -0.1) is 0 Å². The molecule has 74 valence electrons. The van der Waals surface area contributed by atoms with Crippen molar-refractivity contribution >= 4 is 20.2 Å². The minimum Gasteiger partial charge on any atom is -0.748 e. The van der Waals surface area contributed by atoms with Gasteiger partial charge in [0, 0.05) is 11.5 Å². The molecular weight excluding hydrogens is 208 g/mol. The van der Waals surface area contributed by atoms with Crippen LogP contribution in [0.2, 0.25) is 0 Å². The Hall–Kier alpha value is -0.180. The summed E-state index contributed by atoms with van der Waals surface area (Å²) in [6.45, 7) is 0. The third-order valence-corrected chi connectivity index (χ3v) is 2.62. The van der Waals surface area contributed by atoms with Gasteiger partial charge in [0.1, 0.15) is 0 Å². The van der Waals surface area contributed by atoms with E-state index in [4.69, 9.17) is 0 Å². The van der Waals surface area contributed by atoms with E-state index in [2.05, 4.69) is 0 Å². The molecule has 0 aromatic carbocycles. The Morgan fingerprint density at radius 1 is 0.750 bits per heavy atom. The molecule has 0 N–H and O–H groups in total. The lowest BCUT2D eigenvalue weighted by molar-refractivity contribution is 0.453. The molecule has 0 aliphatic carbocycles. The van der Waals surface area contributed by atoms with Crippen LogP contribution in [0.1, 0.15) is 12.8 Å². The van der Waals surface area contributed by atoms with Gasteiger partial charge in [0.05, 0.1) is 20.2 Å². The second kappa shape index (κ2) is 4.17. The van der Waals surface area contributed by atoms with E-state index >= 15 is 0 Å². The predicted octanol–water partition coefficient (Wildman–Crippen LogP) is -1.14. The molecule has 0 spiro atoms. The van der Waals surface area contributed by atoms with Gasteiger partial charge in [-0.05, 0) is 12.8 Å². The molecule has 8 heteroatoms. The normalized spacial score (nSPS) is 13.2. The SMILES string of the molecule is O=S(=O)([O-])CCCCS(=O)(=O)[O-]. The van der Waals surface area contributed by atoms with Crippen molar-refractivity contribution in [2.45, 2.75) is 12.8 Å². The highest BCUT2D eigenvalue weighted by atomic mass is 32.2. The molecule has 0 amide bonds. The van der Waals surface area contributed by atoms with Crippen LogP contribution < -0.4 is 0 Å². The van der Waals surface area contributed by atoms with Crippen LogP contribution in [-0.4, -0.2) is 37.4 Å². The first-order valence-corrected chi connectivity index (χ1v) is 6.23. The molecule has 12 heavy (non-hydrogen) atoms. The summed E-state index contributed by atoms with van der Waals surface area (Å²) in [7, 11) is -8.58. The molecule has 0 aliphatic rings. The van der Waals surface area contributed by atoms with Gasteiger partial charge in [0.2, 0.25) is 0 Å². The summed E-state index contributed by atoms with van der Waals surface area (Å²) in [4.78, 5) is 0. The zero-order valence-electron chi connectivity index (χ0n) is 6.09. The van der Waals surface area contributed by atoms with Crippen molar-refractivity contribution in [1.29, 1.82) is 0 Å². The van der Waals surface area contributed by atoms with Gasteiger partial charge in [-0.2, -0.15) is 0 Å². The monoisotopic (exact) mass is 216 g/mol. The molecule has 0 unspecified atom stereocenters. The first-order chi connectivity index (χ1) is 5.21. The summed E-state index contributed by atoms with van der Waals surface area (Å²) < 4.78 is 59.8. The molecule has 0 aromatic heterocycles. The maximum Gasteiger partial charge on any atom is 0.0945 e. The Kier molecular flexibility index (Phi) is 4.11. The average Bonchev–Trinajstić information content (AvgIpc) is 1.76. The fourth-order valence-corrected chi connectivity index (χ4v) is 1.67. The molecule has 0 fully saturated rings. The maximum atomic E-state index is 9.97. The zero-order valence-corrected chi connectivity index (χ0v) is 7.73. The number of hydrogen-bond acceptors (Lipinski definition) is 6. The highest BCUT2D eigenvalue weighted by molar-refractivity contribution is 7.86. The summed E-state index contributed by atoms with van der Waals surface area (Å²) in [5.41, 5.74) is 0. The van der Waals surface area contributed by atoms with Gasteiger partial charge in [-0.3, -0.25) is 0 Å². The van der Waals surface area contributed by atoms with Crippen molar-refractivity contribution in [3.8, 4) is 0 Å². The summed E-state index contributed by atoms with van der Waals surface area (Å²) in [5.74, 6) is -1.24. The summed E-state index contributed by atoms with van der Waals surface area (Å²) in [6.07, 6.45) is -0.180. The number of rotatable bonds is 5. The van der Waals surface area contributed by atoms with Crippen LogP contribution >= 0.6 is 0 Å².